The summed E-state index contributed by atoms with van der Waals surface area (Å²) in [5.41, 5.74) is 11.5. The van der Waals surface area contributed by atoms with Crippen molar-refractivity contribution in [3.63, 3.8) is 0 Å². The van der Waals surface area contributed by atoms with Gasteiger partial charge in [-0.3, -0.25) is 30.6 Å². The quantitative estimate of drug-likeness (QED) is 0.155. The SMILES string of the molecule is N=C(N)/C(=C\C(=[NH2+])c1ccccc1O)c1ccc(N2CCC(N3CC(c4ccc(C5CCC(=O)NC5=O)cc4)C3)CC2)cc1. The first-order valence-corrected chi connectivity index (χ1v) is 15.3. The van der Waals surface area contributed by atoms with Gasteiger partial charge in [0.15, 0.2) is 0 Å². The van der Waals surface area contributed by atoms with E-state index in [4.69, 9.17) is 16.6 Å². The lowest BCUT2D eigenvalue weighted by atomic mass is 9.85. The second kappa shape index (κ2) is 12.5. The van der Waals surface area contributed by atoms with E-state index in [1.54, 1.807) is 30.3 Å². The molecule has 6 rings (SSSR count). The number of likely N-dealkylation sites (tertiary alicyclic amines) is 1. The number of imide groups is 1. The number of benzene rings is 3. The predicted octanol–water partition coefficient (Wildman–Crippen LogP) is 2.55. The van der Waals surface area contributed by atoms with Gasteiger partial charge in [0.1, 0.15) is 11.6 Å². The van der Waals surface area contributed by atoms with Crippen molar-refractivity contribution in [2.24, 2.45) is 5.73 Å². The number of aromatic hydroxyl groups is 1. The fraction of sp³-hybridized carbons (Fsp3) is 0.314. The smallest absolute Gasteiger partial charge is 0.234 e. The Morgan fingerprint density at radius 2 is 1.59 bits per heavy atom. The third kappa shape index (κ3) is 6.14. The van der Waals surface area contributed by atoms with E-state index in [0.717, 1.165) is 55.8 Å². The summed E-state index contributed by atoms with van der Waals surface area (Å²) < 4.78 is 0. The summed E-state index contributed by atoms with van der Waals surface area (Å²) in [7, 11) is 0. The molecule has 1 atom stereocenters. The van der Waals surface area contributed by atoms with E-state index in [1.165, 1.54) is 5.56 Å². The molecule has 7 N–H and O–H groups in total. The molecular formula is C35H39N6O3+. The first-order chi connectivity index (χ1) is 21.3. The Labute approximate surface area is 257 Å². The molecule has 3 aliphatic heterocycles. The Hall–Kier alpha value is -4.76. The minimum atomic E-state index is -0.235. The summed E-state index contributed by atoms with van der Waals surface area (Å²) in [6.07, 6.45) is 4.83. The fourth-order valence-corrected chi connectivity index (χ4v) is 6.64. The number of carbonyl (C=O) groups is 2. The van der Waals surface area contributed by atoms with Crippen LogP contribution in [0.1, 0.15) is 59.8 Å². The third-order valence-corrected chi connectivity index (χ3v) is 9.29. The van der Waals surface area contributed by atoms with Crippen LogP contribution in [0, 0.1) is 5.41 Å². The van der Waals surface area contributed by atoms with Crippen LogP contribution in [0.4, 0.5) is 5.69 Å². The number of amides is 2. The summed E-state index contributed by atoms with van der Waals surface area (Å²) in [4.78, 5) is 28.7. The highest BCUT2D eigenvalue weighted by Crippen LogP contribution is 2.34. The van der Waals surface area contributed by atoms with Crippen LogP contribution < -0.4 is 21.4 Å². The number of nitrogens with zero attached hydrogens (tertiary/aromatic N) is 2. The molecule has 3 heterocycles. The lowest BCUT2D eigenvalue weighted by Gasteiger charge is -2.47. The number of hydrogen-bond acceptors (Lipinski definition) is 6. The van der Waals surface area contributed by atoms with Gasteiger partial charge in [-0.15, -0.1) is 0 Å². The number of amidine groups is 1. The zero-order valence-electron chi connectivity index (χ0n) is 24.7. The maximum absolute atomic E-state index is 12.2. The normalized spacial score (nSPS) is 20.2. The van der Waals surface area contributed by atoms with Gasteiger partial charge in [0, 0.05) is 61.9 Å². The number of hydrogen-bond donors (Lipinski definition) is 5. The lowest BCUT2D eigenvalue weighted by molar-refractivity contribution is -0.134. The number of carbonyl (C=O) groups excluding carboxylic acids is 2. The molecule has 3 fully saturated rings. The second-order valence-electron chi connectivity index (χ2n) is 12.0. The maximum Gasteiger partial charge on any atom is 0.234 e. The standard InChI is InChI=1S/C35H38N6O3/c36-31(29-3-1-2-4-32(29)42)19-30(34(37)38)24-9-11-26(12-10-24)40-17-15-27(16-18-40)41-20-25(21-41)22-5-7-23(8-6-22)28-13-14-33(43)39-35(28)44/h1-12,19,25,27-28,36,42H,13-18,20-21H2,(H3,37,38)(H,39,43,44)/p+1/b30-19-,36-31?. The molecule has 9 nitrogen and oxygen atoms in total. The molecule has 0 saturated carbocycles. The van der Waals surface area contributed by atoms with Gasteiger partial charge in [-0.2, -0.15) is 0 Å². The zero-order valence-corrected chi connectivity index (χ0v) is 24.7. The summed E-state index contributed by atoms with van der Waals surface area (Å²) in [5.74, 6) is -0.0983. The second-order valence-corrected chi connectivity index (χ2v) is 12.0. The summed E-state index contributed by atoms with van der Waals surface area (Å²) in [6, 6.07) is 23.9. The summed E-state index contributed by atoms with van der Waals surface area (Å²) >= 11 is 0. The van der Waals surface area contributed by atoms with Gasteiger partial charge in [-0.1, -0.05) is 48.5 Å². The first-order valence-electron chi connectivity index (χ1n) is 15.3. The van der Waals surface area contributed by atoms with Crippen LogP contribution in [0.2, 0.25) is 0 Å². The first kappa shape index (κ1) is 29.3. The van der Waals surface area contributed by atoms with Gasteiger partial charge in [0.05, 0.1) is 11.5 Å². The minimum absolute atomic E-state index is 0.0809. The van der Waals surface area contributed by atoms with E-state index in [1.807, 2.05) is 12.1 Å². The highest BCUT2D eigenvalue weighted by atomic mass is 16.3. The van der Waals surface area contributed by atoms with Gasteiger partial charge in [0.25, 0.3) is 0 Å². The van der Waals surface area contributed by atoms with Crippen LogP contribution in [-0.2, 0) is 9.59 Å². The molecule has 1 unspecified atom stereocenters. The van der Waals surface area contributed by atoms with Crippen LogP contribution in [0.25, 0.3) is 5.57 Å². The molecule has 9 heteroatoms. The zero-order chi connectivity index (χ0) is 30.8. The monoisotopic (exact) mass is 591 g/mol. The molecule has 0 bridgehead atoms. The van der Waals surface area contributed by atoms with Crippen LogP contribution in [0.5, 0.6) is 5.75 Å². The Bertz CT molecular complexity index is 1600. The van der Waals surface area contributed by atoms with Crippen LogP contribution >= 0.6 is 0 Å². The molecule has 3 aromatic rings. The molecule has 0 radical (unpaired) electrons. The van der Waals surface area contributed by atoms with Gasteiger partial charge < -0.3 is 15.7 Å². The third-order valence-electron chi connectivity index (χ3n) is 9.29. The predicted molar refractivity (Wildman–Crippen MR) is 172 cm³/mol. The van der Waals surface area contributed by atoms with Crippen molar-refractivity contribution in [1.29, 1.82) is 5.41 Å². The molecule has 3 aromatic carbocycles. The number of allylic oxidation sites excluding steroid dienone is 1. The maximum atomic E-state index is 12.2. The Morgan fingerprint density at radius 1 is 0.932 bits per heavy atom. The number of phenols is 1. The molecule has 2 amide bonds. The van der Waals surface area contributed by atoms with E-state index >= 15 is 0 Å². The number of piperidine rings is 2. The lowest BCUT2D eigenvalue weighted by Crippen LogP contribution is -2.54. The minimum Gasteiger partial charge on any atom is -0.507 e. The molecule has 0 aliphatic carbocycles. The van der Waals surface area contributed by atoms with Crippen molar-refractivity contribution >= 4 is 34.6 Å². The molecule has 0 aromatic heterocycles. The molecule has 44 heavy (non-hydrogen) atoms. The van der Waals surface area contributed by atoms with Crippen LogP contribution in [0.15, 0.2) is 78.9 Å². The number of para-hydroxylation sites is 1. The van der Waals surface area contributed by atoms with E-state index in [9.17, 15) is 14.7 Å². The largest absolute Gasteiger partial charge is 0.507 e. The highest BCUT2D eigenvalue weighted by Gasteiger charge is 2.35. The van der Waals surface area contributed by atoms with E-state index < -0.39 is 0 Å². The van der Waals surface area contributed by atoms with Crippen LogP contribution in [-0.4, -0.2) is 65.6 Å². The Morgan fingerprint density at radius 3 is 2.23 bits per heavy atom. The van der Waals surface area contributed by atoms with E-state index in [-0.39, 0.29) is 29.3 Å². The number of anilines is 1. The average molecular weight is 592 g/mol. The number of nitrogens with two attached hydrogens (primary N) is 2. The van der Waals surface area contributed by atoms with Crippen molar-refractivity contribution in [1.82, 2.24) is 10.2 Å². The van der Waals surface area contributed by atoms with Crippen molar-refractivity contribution < 1.29 is 20.1 Å². The summed E-state index contributed by atoms with van der Waals surface area (Å²) in [6.45, 7) is 4.07. The van der Waals surface area contributed by atoms with Gasteiger partial charge in [-0.05, 0) is 60.2 Å². The van der Waals surface area contributed by atoms with Crippen molar-refractivity contribution in [2.75, 3.05) is 31.1 Å². The van der Waals surface area contributed by atoms with E-state index in [0.29, 0.717) is 41.6 Å². The number of nitrogens with one attached hydrogen (secondary N) is 2. The van der Waals surface area contributed by atoms with Crippen molar-refractivity contribution in [3.8, 4) is 5.75 Å². The highest BCUT2D eigenvalue weighted by molar-refractivity contribution is 6.26. The molecule has 3 aliphatic rings. The topological polar surface area (TPSA) is 148 Å². The van der Waals surface area contributed by atoms with Gasteiger partial charge >= 0.3 is 0 Å². The molecule has 226 valence electrons. The molecule has 0 spiro atoms. The van der Waals surface area contributed by atoms with Crippen molar-refractivity contribution in [3.05, 3.63) is 101 Å². The van der Waals surface area contributed by atoms with E-state index in [2.05, 4.69) is 51.5 Å². The average Bonchev–Trinajstić information content (AvgIpc) is 3.00. The summed E-state index contributed by atoms with van der Waals surface area (Å²) in [5, 5.41) is 27.0. The Kier molecular flexibility index (Phi) is 8.30. The van der Waals surface area contributed by atoms with Gasteiger partial charge in [0.2, 0.25) is 17.5 Å². The fourth-order valence-electron chi connectivity index (χ4n) is 6.64. The van der Waals surface area contributed by atoms with Crippen molar-refractivity contribution in [2.45, 2.75) is 43.6 Å². The Balaban J connectivity index is 1.01. The number of phenolic OH excluding ortho intramolecular Hbond substituents is 1. The molecule has 3 saturated heterocycles. The van der Waals surface area contributed by atoms with Gasteiger partial charge in [-0.25, -0.2) is 0 Å². The molecular weight excluding hydrogens is 552 g/mol. The van der Waals surface area contributed by atoms with Crippen LogP contribution in [0.3, 0.4) is 0 Å². The number of rotatable bonds is 8.